The van der Waals surface area contributed by atoms with Crippen molar-refractivity contribution in [2.24, 2.45) is 5.73 Å². The van der Waals surface area contributed by atoms with Crippen molar-refractivity contribution in [2.45, 2.75) is 31.7 Å². The molecule has 2 amide bonds. The van der Waals surface area contributed by atoms with Crippen LogP contribution in [0.4, 0.5) is 0 Å². The first-order chi connectivity index (χ1) is 7.52. The number of carbonyl (C=O) groups excluding carboxylic acids is 2. The molecule has 1 unspecified atom stereocenters. The number of nitrogens with two attached hydrogens (primary N) is 1. The second-order valence-corrected chi connectivity index (χ2v) is 4.34. The average molecular weight is 226 g/mol. The molecule has 90 valence electrons. The number of hydrogen-bond acceptors (Lipinski definition) is 3. The molecule has 1 fully saturated rings. The summed E-state index contributed by atoms with van der Waals surface area (Å²) in [4.78, 5) is 24.9. The van der Waals surface area contributed by atoms with E-state index in [0.717, 1.165) is 19.3 Å². The molecule has 1 heterocycles. The fourth-order valence-corrected chi connectivity index (χ4v) is 1.83. The Morgan fingerprint density at radius 1 is 1.56 bits per heavy atom. The Kier molecular flexibility index (Phi) is 4.61. The van der Waals surface area contributed by atoms with E-state index in [-0.39, 0.29) is 11.8 Å². The molecule has 0 radical (unpaired) electrons. The molecule has 1 aliphatic rings. The van der Waals surface area contributed by atoms with Crippen LogP contribution in [0.1, 0.15) is 25.7 Å². The van der Waals surface area contributed by atoms with Gasteiger partial charge in [0.2, 0.25) is 5.91 Å². The topological polar surface area (TPSA) is 66.4 Å². The van der Waals surface area contributed by atoms with E-state index in [9.17, 15) is 9.59 Å². The van der Waals surface area contributed by atoms with E-state index in [1.165, 1.54) is 4.90 Å². The summed E-state index contributed by atoms with van der Waals surface area (Å²) in [7, 11) is 1.75. The molecule has 1 aliphatic heterocycles. The summed E-state index contributed by atoms with van der Waals surface area (Å²) in [5.74, 6) is -0.368. The third-order valence-electron chi connectivity index (χ3n) is 2.67. The molecule has 0 saturated carbocycles. The van der Waals surface area contributed by atoms with Crippen LogP contribution in [0.15, 0.2) is 0 Å². The Morgan fingerprint density at radius 3 is 2.88 bits per heavy atom. The van der Waals surface area contributed by atoms with E-state index in [1.54, 1.807) is 11.6 Å². The smallest absolute Gasteiger partial charge is 0.252 e. The van der Waals surface area contributed by atoms with E-state index < -0.39 is 6.04 Å². The minimum atomic E-state index is -0.662. The Labute approximate surface area is 95.9 Å². The van der Waals surface area contributed by atoms with Crippen molar-refractivity contribution >= 4 is 18.5 Å². The first-order valence-electron chi connectivity index (χ1n) is 5.64. The van der Waals surface area contributed by atoms with Crippen LogP contribution >= 0.6 is 0 Å². The summed E-state index contributed by atoms with van der Waals surface area (Å²) >= 11 is 0. The van der Waals surface area contributed by atoms with Gasteiger partial charge < -0.3 is 5.73 Å². The predicted octanol–water partition coefficient (Wildman–Crippen LogP) is -0.414. The van der Waals surface area contributed by atoms with Gasteiger partial charge in [0.25, 0.3) is 5.91 Å². The van der Waals surface area contributed by atoms with Crippen LogP contribution in [-0.2, 0) is 9.59 Å². The van der Waals surface area contributed by atoms with Crippen molar-refractivity contribution in [2.75, 3.05) is 20.1 Å². The van der Waals surface area contributed by atoms with E-state index in [4.69, 9.17) is 5.73 Å². The second-order valence-electron chi connectivity index (χ2n) is 4.34. The number of nitrogens with zero attached hydrogens (tertiary/aromatic N) is 2. The Balaban J connectivity index is 2.63. The molecule has 0 aliphatic carbocycles. The SMILES string of the molecule is C=[N+](C)CC(N)C(=O)N1CCCCCC1=O. The average Bonchev–Trinajstić information content (AvgIpc) is 2.40. The summed E-state index contributed by atoms with van der Waals surface area (Å²) in [6.07, 6.45) is 3.20. The van der Waals surface area contributed by atoms with Crippen LogP contribution < -0.4 is 5.73 Å². The molecule has 0 aromatic heterocycles. The molecule has 5 nitrogen and oxygen atoms in total. The normalized spacial score (nSPS) is 19.1. The first kappa shape index (κ1) is 12.8. The molecule has 1 saturated heterocycles. The maximum Gasteiger partial charge on any atom is 0.252 e. The molecule has 5 heteroatoms. The van der Waals surface area contributed by atoms with Crippen molar-refractivity contribution in [1.29, 1.82) is 0 Å². The molecular weight excluding hydrogens is 206 g/mol. The second kappa shape index (κ2) is 5.75. The van der Waals surface area contributed by atoms with Crippen molar-refractivity contribution in [3.05, 3.63) is 0 Å². The van der Waals surface area contributed by atoms with Gasteiger partial charge in [-0.25, -0.2) is 4.58 Å². The van der Waals surface area contributed by atoms with Gasteiger partial charge in [-0.05, 0) is 12.8 Å². The van der Waals surface area contributed by atoms with Gasteiger partial charge >= 0.3 is 0 Å². The highest BCUT2D eigenvalue weighted by molar-refractivity contribution is 5.97. The van der Waals surface area contributed by atoms with Crippen LogP contribution in [0.25, 0.3) is 0 Å². The first-order valence-corrected chi connectivity index (χ1v) is 5.64. The lowest BCUT2D eigenvalue weighted by Gasteiger charge is -2.20. The molecular formula is C11H20N3O2+. The van der Waals surface area contributed by atoms with Gasteiger partial charge in [-0.3, -0.25) is 14.5 Å². The predicted molar refractivity (Wildman–Crippen MR) is 61.3 cm³/mol. The van der Waals surface area contributed by atoms with Crippen molar-refractivity contribution < 1.29 is 14.2 Å². The maximum atomic E-state index is 11.9. The highest BCUT2D eigenvalue weighted by atomic mass is 16.2. The monoisotopic (exact) mass is 226 g/mol. The Hall–Kier alpha value is -1.23. The van der Waals surface area contributed by atoms with Crippen molar-refractivity contribution in [3.8, 4) is 0 Å². The summed E-state index contributed by atoms with van der Waals surface area (Å²) in [6, 6.07) is -0.662. The third-order valence-corrected chi connectivity index (χ3v) is 2.67. The largest absolute Gasteiger partial charge is 0.315 e. The number of carbonyl (C=O) groups is 2. The number of amides is 2. The standard InChI is InChI=1S/C11H20N3O2/c1-13(2)8-9(12)11(16)14-7-5-3-4-6-10(14)15/h9H,1,3-8,12H2,2H3/q+1. The summed E-state index contributed by atoms with van der Waals surface area (Å²) in [5.41, 5.74) is 5.74. The number of hydrogen-bond donors (Lipinski definition) is 1. The van der Waals surface area contributed by atoms with Gasteiger partial charge in [0, 0.05) is 13.0 Å². The van der Waals surface area contributed by atoms with Crippen molar-refractivity contribution in [3.63, 3.8) is 0 Å². The summed E-state index contributed by atoms with van der Waals surface area (Å²) in [5, 5.41) is 0. The van der Waals surface area contributed by atoms with Gasteiger partial charge in [0.1, 0.15) is 19.8 Å². The molecule has 0 aromatic carbocycles. The van der Waals surface area contributed by atoms with Crippen LogP contribution in [0.3, 0.4) is 0 Å². The zero-order valence-electron chi connectivity index (χ0n) is 9.82. The van der Waals surface area contributed by atoms with Crippen LogP contribution in [0, 0.1) is 0 Å². The molecule has 16 heavy (non-hydrogen) atoms. The number of imide groups is 1. The quantitative estimate of drug-likeness (QED) is 0.525. The zero-order chi connectivity index (χ0) is 12.1. The Bertz CT molecular complexity index is 302. The number of likely N-dealkylation sites (tertiary alicyclic amines) is 1. The van der Waals surface area contributed by atoms with Crippen molar-refractivity contribution in [1.82, 2.24) is 4.90 Å². The number of likely N-dealkylation sites (N-methyl/N-ethyl adjacent to an activating group) is 1. The van der Waals surface area contributed by atoms with Gasteiger partial charge in [-0.15, -0.1) is 0 Å². The minimum Gasteiger partial charge on any atom is -0.315 e. The molecule has 1 atom stereocenters. The lowest BCUT2D eigenvalue weighted by atomic mass is 10.2. The minimum absolute atomic E-state index is 0.0929. The van der Waals surface area contributed by atoms with Gasteiger partial charge in [0.15, 0.2) is 6.54 Å². The van der Waals surface area contributed by atoms with Crippen LogP contribution in [0.2, 0.25) is 0 Å². The highest BCUT2D eigenvalue weighted by Gasteiger charge is 2.28. The molecule has 0 aromatic rings. The zero-order valence-corrected chi connectivity index (χ0v) is 9.82. The highest BCUT2D eigenvalue weighted by Crippen LogP contribution is 2.11. The lowest BCUT2D eigenvalue weighted by molar-refractivity contribution is -0.489. The summed E-state index contributed by atoms with van der Waals surface area (Å²) in [6.45, 7) is 4.51. The molecule has 0 bridgehead atoms. The summed E-state index contributed by atoms with van der Waals surface area (Å²) < 4.78 is 1.60. The van der Waals surface area contributed by atoms with Crippen LogP contribution in [-0.4, -0.2) is 54.2 Å². The lowest BCUT2D eigenvalue weighted by Crippen LogP contribution is -2.49. The maximum absolute atomic E-state index is 11.9. The van der Waals surface area contributed by atoms with Gasteiger partial charge in [0.05, 0.1) is 0 Å². The van der Waals surface area contributed by atoms with E-state index in [2.05, 4.69) is 6.72 Å². The third kappa shape index (κ3) is 3.41. The fraction of sp³-hybridized carbons (Fsp3) is 0.727. The van der Waals surface area contributed by atoms with E-state index in [1.807, 2.05) is 0 Å². The molecule has 2 N–H and O–H groups in total. The van der Waals surface area contributed by atoms with Gasteiger partial charge in [-0.2, -0.15) is 0 Å². The number of rotatable bonds is 3. The van der Waals surface area contributed by atoms with Crippen LogP contribution in [0.5, 0.6) is 0 Å². The Morgan fingerprint density at radius 2 is 2.25 bits per heavy atom. The van der Waals surface area contributed by atoms with Gasteiger partial charge in [-0.1, -0.05) is 6.42 Å². The van der Waals surface area contributed by atoms with E-state index in [0.29, 0.717) is 19.5 Å². The van der Waals surface area contributed by atoms with E-state index >= 15 is 0 Å². The molecule has 1 rings (SSSR count). The molecule has 0 spiro atoms. The fourth-order valence-electron chi connectivity index (χ4n) is 1.83.